The fraction of sp³-hybridized carbons (Fsp3) is 0.567. The van der Waals surface area contributed by atoms with E-state index in [-0.39, 0.29) is 46.2 Å². The second kappa shape index (κ2) is 35.2. The highest BCUT2D eigenvalue weighted by Gasteiger charge is 2.32. The van der Waals surface area contributed by atoms with Crippen molar-refractivity contribution in [3.63, 3.8) is 0 Å². The zero-order chi connectivity index (χ0) is 56.9. The first-order valence-electron chi connectivity index (χ1n) is 26.6. The third-order valence-electron chi connectivity index (χ3n) is 12.4. The number of alkyl halides is 3. The van der Waals surface area contributed by atoms with Gasteiger partial charge in [-0.15, -0.1) is 0 Å². The van der Waals surface area contributed by atoms with Crippen LogP contribution >= 0.6 is 12.2 Å². The molecule has 0 aliphatic carbocycles. The van der Waals surface area contributed by atoms with E-state index in [2.05, 4.69) is 42.5 Å². The summed E-state index contributed by atoms with van der Waals surface area (Å²) in [6.07, 6.45) is 9.32. The van der Waals surface area contributed by atoms with E-state index in [4.69, 9.17) is 12.2 Å². The lowest BCUT2D eigenvalue weighted by Gasteiger charge is -2.39. The molecule has 414 valence electrons. The lowest BCUT2D eigenvalue weighted by Crippen LogP contribution is -2.48. The largest absolute Gasteiger partial charge is 0.416 e. The van der Waals surface area contributed by atoms with Crippen LogP contribution in [-0.4, -0.2) is 77.2 Å². The number of nitrogens with one attached hydrogen (secondary N) is 1. The number of aryl methyl sites for hydroxylation is 2. The number of unbranched alkanes of at least 4 members (excludes halogenated alkanes) is 3. The van der Waals surface area contributed by atoms with Crippen LogP contribution in [0.1, 0.15) is 202 Å². The lowest BCUT2D eigenvalue weighted by atomic mass is 9.93. The minimum Gasteiger partial charge on any atom is -0.371 e. The van der Waals surface area contributed by atoms with Crippen LogP contribution in [0.4, 0.5) is 28.9 Å². The van der Waals surface area contributed by atoms with Crippen molar-refractivity contribution in [3.05, 3.63) is 107 Å². The second-order valence-corrected chi connectivity index (χ2v) is 19.9. The van der Waals surface area contributed by atoms with Crippen LogP contribution in [0, 0.1) is 31.5 Å². The van der Waals surface area contributed by atoms with Crippen molar-refractivity contribution < 1.29 is 41.5 Å². The van der Waals surface area contributed by atoms with Crippen LogP contribution in [-0.2, 0) is 15.8 Å². The summed E-state index contributed by atoms with van der Waals surface area (Å²) in [5, 5.41) is 2.56. The Morgan fingerprint density at radius 1 is 0.811 bits per heavy atom. The van der Waals surface area contributed by atoms with Gasteiger partial charge in [-0.25, -0.2) is 4.39 Å². The number of Topliss-reactive ketones (excluding diaryl/α,β-unsaturated/α-hetero) is 3. The van der Waals surface area contributed by atoms with Crippen molar-refractivity contribution in [2.45, 2.75) is 186 Å². The van der Waals surface area contributed by atoms with E-state index < -0.39 is 23.1 Å². The summed E-state index contributed by atoms with van der Waals surface area (Å²) in [5.41, 5.74) is 2.19. The van der Waals surface area contributed by atoms with Gasteiger partial charge < -0.3 is 24.8 Å². The summed E-state index contributed by atoms with van der Waals surface area (Å²) in [6, 6.07) is 15.1. The number of thiocarbonyl (C=S) groups is 1. The lowest BCUT2D eigenvalue weighted by molar-refractivity contribution is -0.138. The van der Waals surface area contributed by atoms with E-state index in [1.807, 2.05) is 59.7 Å². The third-order valence-corrected chi connectivity index (χ3v) is 12.9. The molecule has 1 amide bonds. The van der Waals surface area contributed by atoms with Crippen LogP contribution in [0.3, 0.4) is 0 Å². The van der Waals surface area contributed by atoms with Crippen molar-refractivity contribution in [3.8, 4) is 0 Å². The third kappa shape index (κ3) is 23.2. The Kier molecular flexibility index (Phi) is 32.8. The first-order chi connectivity index (χ1) is 34.8. The number of carbonyl (C=O) groups is 5. The summed E-state index contributed by atoms with van der Waals surface area (Å²) in [4.78, 5) is 65.4. The average Bonchev–Trinajstić information content (AvgIpc) is 3.36. The normalized spacial score (nSPS) is 12.8. The maximum absolute atomic E-state index is 13.9. The highest BCUT2D eigenvalue weighted by Crippen LogP contribution is 2.32. The Bertz CT molecular complexity index is 2240. The van der Waals surface area contributed by atoms with Gasteiger partial charge in [0.15, 0.2) is 17.3 Å². The van der Waals surface area contributed by atoms with E-state index in [0.29, 0.717) is 39.8 Å². The number of halogens is 4. The van der Waals surface area contributed by atoms with Gasteiger partial charge >= 0.3 is 6.18 Å². The molecule has 1 aliphatic rings. The summed E-state index contributed by atoms with van der Waals surface area (Å²) in [7, 11) is 0. The van der Waals surface area contributed by atoms with Gasteiger partial charge in [0.2, 0.25) is 5.91 Å². The molecule has 1 atom stereocenters. The number of hydrogen-bond donors (Lipinski definition) is 1. The molecule has 1 unspecified atom stereocenters. The van der Waals surface area contributed by atoms with Gasteiger partial charge in [-0.05, 0) is 147 Å². The van der Waals surface area contributed by atoms with Crippen LogP contribution in [0.2, 0.25) is 0 Å². The Balaban J connectivity index is 0.00000104. The molecule has 1 fully saturated rings. The fourth-order valence-electron chi connectivity index (χ4n) is 8.33. The van der Waals surface area contributed by atoms with Crippen LogP contribution in [0.15, 0.2) is 67.4 Å². The number of anilines is 2. The molecular formula is C60H90F4N4O5S. The summed E-state index contributed by atoms with van der Waals surface area (Å²) in [5.74, 6) is -0.867. The predicted molar refractivity (Wildman–Crippen MR) is 303 cm³/mol. The number of rotatable bonds is 21. The molecule has 0 radical (unpaired) electrons. The van der Waals surface area contributed by atoms with Gasteiger partial charge in [0, 0.05) is 53.5 Å². The summed E-state index contributed by atoms with van der Waals surface area (Å²) < 4.78 is 50.6. The fourth-order valence-corrected chi connectivity index (χ4v) is 8.67. The zero-order valence-corrected chi connectivity index (χ0v) is 48.3. The summed E-state index contributed by atoms with van der Waals surface area (Å²) in [6.45, 7) is 35.4. The van der Waals surface area contributed by atoms with E-state index in [1.54, 1.807) is 44.7 Å². The van der Waals surface area contributed by atoms with Crippen LogP contribution in [0.5, 0.6) is 0 Å². The molecule has 74 heavy (non-hydrogen) atoms. The van der Waals surface area contributed by atoms with Crippen molar-refractivity contribution in [2.24, 2.45) is 11.8 Å². The maximum atomic E-state index is 13.9. The molecule has 4 rings (SSSR count). The smallest absolute Gasteiger partial charge is 0.371 e. The molecule has 1 N–H and O–H groups in total. The SMILES string of the molecule is C=CNC(=O)C(C)CCC.CC.CCC(=S)N(c1ccc(C(C)=O)c(F)c1)C(C)(C)C=O.CCCCCCN(CCC)C1CCN(c2ccc(C(C)=O)c(C(=O)C(C)C)c2)CC1.Cc1ccc(C)c(C(F)(F)F)c1. The van der Waals surface area contributed by atoms with E-state index in [1.165, 1.54) is 83.4 Å². The number of hydrogen-bond acceptors (Lipinski definition) is 8. The first kappa shape index (κ1) is 68.9. The standard InChI is InChI=1S/C26H42N2O2.C15H18FNO2S.C9H9F3.C8H15NO.C2H6/c1-6-8-9-10-16-27(15-7-2)22-13-17-28(18-14-22)23-11-12-24(21(5)29)25(19-23)26(30)20(3)4;1-5-14(20)17(15(3,4)9-18)11-6-7-12(10(2)19)13(16)8-11;1-6-3-4-7(2)8(5-6)9(10,11)12;1-4-6-7(3)8(10)9-5-2;1-2/h11-12,19-20,22H,6-10,13-18H2,1-5H3;6-9H,5H2,1-4H3;3-5H,1-2H3;5,7H,2,4,6H2,1,3H3,(H,9,10);1-2H3. The minimum atomic E-state index is -4.23. The first-order valence-corrected chi connectivity index (χ1v) is 27.0. The van der Waals surface area contributed by atoms with Gasteiger partial charge in [-0.3, -0.25) is 19.2 Å². The zero-order valence-electron chi connectivity index (χ0n) is 47.5. The van der Waals surface area contributed by atoms with Crippen molar-refractivity contribution in [1.82, 2.24) is 10.2 Å². The van der Waals surface area contributed by atoms with Gasteiger partial charge in [-0.1, -0.05) is 124 Å². The topological polar surface area (TPSA) is 107 Å². The molecule has 0 aromatic heterocycles. The van der Waals surface area contributed by atoms with E-state index in [9.17, 15) is 41.5 Å². The molecule has 9 nitrogen and oxygen atoms in total. The molecule has 0 bridgehead atoms. The van der Waals surface area contributed by atoms with Crippen molar-refractivity contribution >= 4 is 58.1 Å². The highest BCUT2D eigenvalue weighted by molar-refractivity contribution is 7.80. The number of benzene rings is 3. The molecular weight excluding hydrogens is 965 g/mol. The maximum Gasteiger partial charge on any atom is 0.416 e. The number of carbonyl (C=O) groups excluding carboxylic acids is 5. The number of ketones is 3. The van der Waals surface area contributed by atoms with Crippen molar-refractivity contribution in [2.75, 3.05) is 36.0 Å². The van der Waals surface area contributed by atoms with Gasteiger partial charge in [0.25, 0.3) is 0 Å². The van der Waals surface area contributed by atoms with E-state index in [0.717, 1.165) is 56.8 Å². The van der Waals surface area contributed by atoms with Crippen molar-refractivity contribution in [1.29, 1.82) is 0 Å². The molecule has 1 heterocycles. The monoisotopic (exact) mass is 1050 g/mol. The molecule has 3 aromatic carbocycles. The Morgan fingerprint density at radius 3 is 1.86 bits per heavy atom. The number of piperidine rings is 1. The predicted octanol–water partition coefficient (Wildman–Crippen LogP) is 15.6. The minimum absolute atomic E-state index is 0.0278. The van der Waals surface area contributed by atoms with Crippen LogP contribution in [0.25, 0.3) is 0 Å². The summed E-state index contributed by atoms with van der Waals surface area (Å²) >= 11 is 5.28. The number of amides is 1. The van der Waals surface area contributed by atoms with Gasteiger partial charge in [-0.2, -0.15) is 13.2 Å². The molecule has 0 saturated carbocycles. The molecule has 0 spiro atoms. The Labute approximate surface area is 448 Å². The second-order valence-electron chi connectivity index (χ2n) is 19.4. The van der Waals surface area contributed by atoms with Gasteiger partial charge in [0.05, 0.1) is 21.7 Å². The number of aldehydes is 1. The molecule has 14 heteroatoms. The van der Waals surface area contributed by atoms with Crippen LogP contribution < -0.4 is 15.1 Å². The highest BCUT2D eigenvalue weighted by atomic mass is 32.1. The quantitative estimate of drug-likeness (QED) is 0.0367. The average molecular weight is 1060 g/mol. The van der Waals surface area contributed by atoms with Gasteiger partial charge in [0.1, 0.15) is 12.1 Å². The molecule has 1 saturated heterocycles. The Hall–Kier alpha value is -5.08. The Morgan fingerprint density at radius 2 is 1.41 bits per heavy atom. The van der Waals surface area contributed by atoms with E-state index >= 15 is 0 Å². The number of nitrogens with zero attached hydrogens (tertiary/aromatic N) is 3. The molecule has 1 aliphatic heterocycles. The molecule has 3 aromatic rings.